The first-order valence-corrected chi connectivity index (χ1v) is 8.52. The number of hydrogen-bond donors (Lipinski definition) is 2. The number of sulfonamides is 1. The van der Waals surface area contributed by atoms with Crippen LogP contribution >= 0.6 is 11.8 Å². The van der Waals surface area contributed by atoms with E-state index in [2.05, 4.69) is 22.0 Å². The van der Waals surface area contributed by atoms with Crippen molar-refractivity contribution in [1.29, 1.82) is 0 Å². The highest BCUT2D eigenvalue weighted by molar-refractivity contribution is 8.14. The lowest BCUT2D eigenvalue weighted by molar-refractivity contribution is 0.465. The van der Waals surface area contributed by atoms with Gasteiger partial charge in [-0.05, 0) is 20.3 Å². The number of hydrogen-bond acceptors (Lipinski definition) is 4. The van der Waals surface area contributed by atoms with Gasteiger partial charge < -0.3 is 5.32 Å². The first-order chi connectivity index (χ1) is 7.72. The van der Waals surface area contributed by atoms with E-state index in [0.717, 1.165) is 23.6 Å². The first-order valence-electron chi connectivity index (χ1n) is 5.64. The van der Waals surface area contributed by atoms with Crippen LogP contribution in [-0.4, -0.2) is 43.7 Å². The van der Waals surface area contributed by atoms with Gasteiger partial charge in [0.15, 0.2) is 5.17 Å². The van der Waals surface area contributed by atoms with Gasteiger partial charge in [-0.15, -0.1) is 0 Å². The Bertz CT molecular complexity index is 390. The van der Waals surface area contributed by atoms with Gasteiger partial charge in [0.1, 0.15) is 0 Å². The topological polar surface area (TPSA) is 70.6 Å². The van der Waals surface area contributed by atoms with Crippen LogP contribution in [0.2, 0.25) is 0 Å². The van der Waals surface area contributed by atoms with Gasteiger partial charge in [0, 0.05) is 17.3 Å². The molecule has 1 unspecified atom stereocenters. The normalized spacial score (nSPS) is 24.0. The van der Waals surface area contributed by atoms with Gasteiger partial charge in [-0.3, -0.25) is 4.99 Å². The van der Waals surface area contributed by atoms with Crippen LogP contribution < -0.4 is 10.0 Å². The minimum atomic E-state index is -3.19. The Morgan fingerprint density at radius 1 is 1.59 bits per heavy atom. The van der Waals surface area contributed by atoms with Crippen molar-refractivity contribution >= 4 is 27.0 Å². The van der Waals surface area contributed by atoms with Gasteiger partial charge in [-0.2, -0.15) is 0 Å². The predicted molar refractivity (Wildman–Crippen MR) is 74.0 cm³/mol. The fourth-order valence-electron chi connectivity index (χ4n) is 1.55. The van der Waals surface area contributed by atoms with Crippen molar-refractivity contribution in [2.24, 2.45) is 4.99 Å². The molecule has 1 atom stereocenters. The SMILES string of the molecule is CCC1CSC(=NCC(C)(C)NS(C)(=O)=O)N1. The van der Waals surface area contributed by atoms with Crippen molar-refractivity contribution in [3.05, 3.63) is 0 Å². The summed E-state index contributed by atoms with van der Waals surface area (Å²) in [5, 5.41) is 4.23. The Morgan fingerprint density at radius 3 is 2.71 bits per heavy atom. The number of amidine groups is 1. The summed E-state index contributed by atoms with van der Waals surface area (Å²) in [4.78, 5) is 4.42. The molecule has 1 aliphatic heterocycles. The fourth-order valence-corrected chi connectivity index (χ4v) is 3.70. The molecule has 2 N–H and O–H groups in total. The van der Waals surface area contributed by atoms with Gasteiger partial charge in [0.25, 0.3) is 0 Å². The van der Waals surface area contributed by atoms with E-state index in [-0.39, 0.29) is 0 Å². The molecule has 0 radical (unpaired) electrons. The van der Waals surface area contributed by atoms with Crippen molar-refractivity contribution in [2.45, 2.75) is 38.8 Å². The molecule has 7 heteroatoms. The number of nitrogens with zero attached hydrogens (tertiary/aromatic N) is 1. The lowest BCUT2D eigenvalue weighted by Gasteiger charge is -2.22. The van der Waals surface area contributed by atoms with Gasteiger partial charge >= 0.3 is 0 Å². The van der Waals surface area contributed by atoms with Crippen molar-refractivity contribution in [2.75, 3.05) is 18.6 Å². The number of aliphatic imine (C=N–C) groups is 1. The summed E-state index contributed by atoms with van der Waals surface area (Å²) in [5.74, 6) is 1.04. The average Bonchev–Trinajstić information content (AvgIpc) is 2.58. The molecule has 0 aliphatic carbocycles. The van der Waals surface area contributed by atoms with Crippen LogP contribution in [0, 0.1) is 0 Å². The van der Waals surface area contributed by atoms with E-state index in [1.807, 2.05) is 13.8 Å². The second-order valence-corrected chi connectivity index (χ2v) is 7.70. The van der Waals surface area contributed by atoms with Crippen LogP contribution in [0.25, 0.3) is 0 Å². The zero-order valence-electron chi connectivity index (χ0n) is 10.8. The number of nitrogens with one attached hydrogen (secondary N) is 2. The first kappa shape index (κ1) is 14.8. The lowest BCUT2D eigenvalue weighted by atomic mass is 10.1. The molecule has 100 valence electrons. The van der Waals surface area contributed by atoms with Crippen LogP contribution in [0.4, 0.5) is 0 Å². The maximum Gasteiger partial charge on any atom is 0.209 e. The highest BCUT2D eigenvalue weighted by Crippen LogP contribution is 2.16. The molecule has 1 heterocycles. The molecule has 5 nitrogen and oxygen atoms in total. The standard InChI is InChI=1S/C10H21N3O2S2/c1-5-8-6-16-9(12-8)11-7-10(2,3)13-17(4,14)15/h8,13H,5-7H2,1-4H3,(H,11,12). The number of rotatable bonds is 5. The Kier molecular flexibility index (Phi) is 4.86. The fraction of sp³-hybridized carbons (Fsp3) is 0.900. The third kappa shape index (κ3) is 5.74. The molecule has 0 spiro atoms. The molecule has 1 rings (SSSR count). The Hall–Kier alpha value is -0.270. The largest absolute Gasteiger partial charge is 0.361 e. The van der Waals surface area contributed by atoms with E-state index in [1.165, 1.54) is 0 Å². The van der Waals surface area contributed by atoms with Crippen molar-refractivity contribution in [1.82, 2.24) is 10.0 Å². The molecular weight excluding hydrogens is 258 g/mol. The summed E-state index contributed by atoms with van der Waals surface area (Å²) in [6.07, 6.45) is 2.24. The highest BCUT2D eigenvalue weighted by atomic mass is 32.2. The molecule has 1 saturated heterocycles. The monoisotopic (exact) mass is 279 g/mol. The van der Waals surface area contributed by atoms with Gasteiger partial charge in [-0.1, -0.05) is 18.7 Å². The van der Waals surface area contributed by atoms with Crippen LogP contribution in [0.15, 0.2) is 4.99 Å². The van der Waals surface area contributed by atoms with E-state index in [9.17, 15) is 8.42 Å². The quantitative estimate of drug-likeness (QED) is 0.780. The highest BCUT2D eigenvalue weighted by Gasteiger charge is 2.23. The molecule has 0 bridgehead atoms. The molecular formula is C10H21N3O2S2. The predicted octanol–water partition coefficient (Wildman–Crippen LogP) is 0.785. The zero-order valence-corrected chi connectivity index (χ0v) is 12.4. The second kappa shape index (κ2) is 5.58. The summed E-state index contributed by atoms with van der Waals surface area (Å²) in [7, 11) is -3.19. The van der Waals surface area contributed by atoms with Crippen LogP contribution in [-0.2, 0) is 10.0 Å². The zero-order chi connectivity index (χ0) is 13.1. The van der Waals surface area contributed by atoms with Crippen LogP contribution in [0.3, 0.4) is 0 Å². The summed E-state index contributed by atoms with van der Waals surface area (Å²) in [5.41, 5.74) is -0.548. The Balaban J connectivity index is 2.52. The minimum Gasteiger partial charge on any atom is -0.361 e. The Labute approximate surface area is 108 Å². The van der Waals surface area contributed by atoms with Crippen molar-refractivity contribution < 1.29 is 8.42 Å². The van der Waals surface area contributed by atoms with E-state index in [0.29, 0.717) is 12.6 Å². The smallest absolute Gasteiger partial charge is 0.209 e. The lowest BCUT2D eigenvalue weighted by Crippen LogP contribution is -2.45. The van der Waals surface area contributed by atoms with E-state index >= 15 is 0 Å². The third-order valence-corrected chi connectivity index (χ3v) is 4.33. The molecule has 0 aromatic rings. The molecule has 0 aromatic heterocycles. The minimum absolute atomic E-state index is 0.436. The summed E-state index contributed by atoms with van der Waals surface area (Å²) in [6.45, 7) is 6.23. The van der Waals surface area contributed by atoms with Crippen molar-refractivity contribution in [3.8, 4) is 0 Å². The molecule has 17 heavy (non-hydrogen) atoms. The van der Waals surface area contributed by atoms with Crippen molar-refractivity contribution in [3.63, 3.8) is 0 Å². The van der Waals surface area contributed by atoms with E-state index in [1.54, 1.807) is 11.8 Å². The van der Waals surface area contributed by atoms with Crippen LogP contribution in [0.5, 0.6) is 0 Å². The van der Waals surface area contributed by atoms with Gasteiger partial charge in [0.2, 0.25) is 10.0 Å². The second-order valence-electron chi connectivity index (χ2n) is 4.94. The maximum absolute atomic E-state index is 11.2. The summed E-state index contributed by atoms with van der Waals surface area (Å²) in [6, 6.07) is 0.490. The molecule has 0 amide bonds. The van der Waals surface area contributed by atoms with E-state index in [4.69, 9.17) is 0 Å². The molecule has 0 saturated carbocycles. The molecule has 1 aliphatic rings. The van der Waals surface area contributed by atoms with Gasteiger partial charge in [-0.25, -0.2) is 13.1 Å². The molecule has 1 fully saturated rings. The van der Waals surface area contributed by atoms with E-state index < -0.39 is 15.6 Å². The summed E-state index contributed by atoms with van der Waals surface area (Å²) < 4.78 is 24.9. The van der Waals surface area contributed by atoms with Gasteiger partial charge in [0.05, 0.1) is 12.8 Å². The number of thioether (sulfide) groups is 1. The maximum atomic E-state index is 11.2. The van der Waals surface area contributed by atoms with Crippen LogP contribution in [0.1, 0.15) is 27.2 Å². The average molecular weight is 279 g/mol. The molecule has 0 aromatic carbocycles. The Morgan fingerprint density at radius 2 is 2.24 bits per heavy atom. The summed E-state index contributed by atoms with van der Waals surface area (Å²) >= 11 is 1.70. The third-order valence-electron chi connectivity index (χ3n) is 2.32.